The number of aliphatic hydroxyl groups is 1. The third kappa shape index (κ3) is 2.02. The van der Waals surface area contributed by atoms with Crippen molar-refractivity contribution in [1.29, 1.82) is 0 Å². The van der Waals surface area contributed by atoms with E-state index < -0.39 is 12.3 Å². The van der Waals surface area contributed by atoms with Crippen molar-refractivity contribution in [2.45, 2.75) is 57.0 Å². The summed E-state index contributed by atoms with van der Waals surface area (Å²) in [5.41, 5.74) is 1.56. The third-order valence-electron chi connectivity index (χ3n) is 7.48. The fourth-order valence-electron chi connectivity index (χ4n) is 6.02. The summed E-state index contributed by atoms with van der Waals surface area (Å²) in [5, 5.41) is 10.8. The zero-order valence-corrected chi connectivity index (χ0v) is 14.1. The van der Waals surface area contributed by atoms with Gasteiger partial charge in [0.25, 0.3) is 0 Å². The summed E-state index contributed by atoms with van der Waals surface area (Å²) in [6, 6.07) is 6.50. The summed E-state index contributed by atoms with van der Waals surface area (Å²) in [4.78, 5) is 0. The van der Waals surface area contributed by atoms with E-state index in [4.69, 9.17) is 4.74 Å². The van der Waals surface area contributed by atoms with E-state index in [1.165, 1.54) is 11.1 Å². The fourth-order valence-corrected chi connectivity index (χ4v) is 6.02. The average molecular weight is 318 g/mol. The molecule has 4 rings (SSSR count). The highest BCUT2D eigenvalue weighted by Crippen LogP contribution is 2.64. The summed E-state index contributed by atoms with van der Waals surface area (Å²) in [5.74, 6) is 2.56. The quantitative estimate of drug-likeness (QED) is 0.883. The number of aryl methyl sites for hydroxylation is 1. The molecule has 2 saturated carbocycles. The summed E-state index contributed by atoms with van der Waals surface area (Å²) in [7, 11) is 1.72. The van der Waals surface area contributed by atoms with Crippen molar-refractivity contribution in [1.82, 2.24) is 0 Å². The van der Waals surface area contributed by atoms with Crippen LogP contribution in [0.15, 0.2) is 18.2 Å². The number of ether oxygens (including phenoxy) is 1. The molecule has 1 aromatic rings. The zero-order valence-electron chi connectivity index (χ0n) is 14.1. The molecule has 1 N–H and O–H groups in total. The van der Waals surface area contributed by atoms with E-state index in [0.29, 0.717) is 24.2 Å². The van der Waals surface area contributed by atoms with Gasteiger partial charge in [0.2, 0.25) is 0 Å². The number of alkyl halides is 1. The van der Waals surface area contributed by atoms with Crippen LogP contribution in [0.4, 0.5) is 4.39 Å². The first-order valence-electron chi connectivity index (χ1n) is 8.97. The molecule has 0 aromatic heterocycles. The highest BCUT2D eigenvalue weighted by molar-refractivity contribution is 5.40. The minimum atomic E-state index is -1.09. The number of fused-ring (bicyclic) bond motifs is 5. The number of rotatable bonds is 2. The first-order chi connectivity index (χ1) is 11.0. The number of halogens is 1. The number of hydrogen-bond donors (Lipinski definition) is 1. The van der Waals surface area contributed by atoms with Gasteiger partial charge in [0.1, 0.15) is 12.4 Å². The molecule has 2 fully saturated rings. The number of hydrogen-bond acceptors (Lipinski definition) is 2. The monoisotopic (exact) mass is 318 g/mol. The molecule has 2 nitrogen and oxygen atoms in total. The maximum absolute atomic E-state index is 13.6. The van der Waals surface area contributed by atoms with Gasteiger partial charge in [0.05, 0.1) is 12.7 Å². The Hall–Kier alpha value is -1.09. The molecule has 0 heterocycles. The van der Waals surface area contributed by atoms with Gasteiger partial charge in [-0.2, -0.15) is 0 Å². The van der Waals surface area contributed by atoms with Crippen molar-refractivity contribution >= 4 is 0 Å². The molecule has 5 atom stereocenters. The molecule has 126 valence electrons. The van der Waals surface area contributed by atoms with Gasteiger partial charge in [0, 0.05) is 5.41 Å². The largest absolute Gasteiger partial charge is 0.497 e. The van der Waals surface area contributed by atoms with Crippen molar-refractivity contribution in [2.75, 3.05) is 13.8 Å². The van der Waals surface area contributed by atoms with Crippen LogP contribution in [0.1, 0.15) is 56.1 Å². The maximum atomic E-state index is 13.6. The molecule has 0 aliphatic heterocycles. The minimum absolute atomic E-state index is 0.243. The molecule has 0 bridgehead atoms. The molecule has 3 aliphatic rings. The lowest BCUT2D eigenvalue weighted by Gasteiger charge is -2.52. The van der Waals surface area contributed by atoms with Gasteiger partial charge in [-0.3, -0.25) is 0 Å². The van der Waals surface area contributed by atoms with E-state index in [-0.39, 0.29) is 5.41 Å². The van der Waals surface area contributed by atoms with Gasteiger partial charge in [-0.05, 0) is 79.5 Å². The second kappa shape index (κ2) is 5.20. The van der Waals surface area contributed by atoms with E-state index in [1.54, 1.807) is 7.11 Å². The van der Waals surface area contributed by atoms with Crippen LogP contribution < -0.4 is 4.74 Å². The molecule has 0 radical (unpaired) electrons. The first kappa shape index (κ1) is 15.4. The van der Waals surface area contributed by atoms with Crippen LogP contribution in [0.25, 0.3) is 0 Å². The molecule has 3 aliphatic carbocycles. The third-order valence-corrected chi connectivity index (χ3v) is 7.48. The highest BCUT2D eigenvalue weighted by Gasteiger charge is 2.61. The molecule has 1 aromatic carbocycles. The Morgan fingerprint density at radius 2 is 2.09 bits per heavy atom. The Balaban J connectivity index is 1.68. The van der Waals surface area contributed by atoms with E-state index in [9.17, 15) is 9.50 Å². The van der Waals surface area contributed by atoms with E-state index in [1.807, 2.05) is 0 Å². The van der Waals surface area contributed by atoms with Crippen LogP contribution in [-0.4, -0.2) is 24.5 Å². The van der Waals surface area contributed by atoms with Crippen LogP contribution in [0, 0.1) is 17.3 Å². The summed E-state index contributed by atoms with van der Waals surface area (Å²) < 4.78 is 18.9. The van der Waals surface area contributed by atoms with Crippen LogP contribution in [0.3, 0.4) is 0 Å². The topological polar surface area (TPSA) is 29.5 Å². The van der Waals surface area contributed by atoms with Gasteiger partial charge >= 0.3 is 0 Å². The van der Waals surface area contributed by atoms with Crippen LogP contribution in [0.5, 0.6) is 5.75 Å². The number of methoxy groups -OCH3 is 1. The van der Waals surface area contributed by atoms with E-state index >= 15 is 0 Å². The summed E-state index contributed by atoms with van der Waals surface area (Å²) >= 11 is 0. The fraction of sp³-hybridized carbons (Fsp3) is 0.700. The molecule has 3 heteroatoms. The number of benzene rings is 1. The van der Waals surface area contributed by atoms with Crippen molar-refractivity contribution in [3.63, 3.8) is 0 Å². The lowest BCUT2D eigenvalue weighted by Crippen LogP contribution is -2.52. The smallest absolute Gasteiger partial charge is 0.119 e. The maximum Gasteiger partial charge on any atom is 0.119 e. The predicted octanol–water partition coefficient (Wildman–Crippen LogP) is 4.25. The van der Waals surface area contributed by atoms with Crippen LogP contribution in [0.2, 0.25) is 0 Å². The molecule has 2 unspecified atom stereocenters. The van der Waals surface area contributed by atoms with Gasteiger partial charge < -0.3 is 9.84 Å². The lowest BCUT2D eigenvalue weighted by molar-refractivity contribution is -0.113. The van der Waals surface area contributed by atoms with Crippen LogP contribution in [-0.2, 0) is 6.42 Å². The van der Waals surface area contributed by atoms with Crippen molar-refractivity contribution in [3.05, 3.63) is 29.3 Å². The van der Waals surface area contributed by atoms with Gasteiger partial charge in [-0.25, -0.2) is 4.39 Å². The van der Waals surface area contributed by atoms with E-state index in [0.717, 1.165) is 37.9 Å². The molecule has 0 amide bonds. The zero-order chi connectivity index (χ0) is 16.2. The Bertz CT molecular complexity index is 616. The Kier molecular flexibility index (Phi) is 3.49. The van der Waals surface area contributed by atoms with Crippen molar-refractivity contribution < 1.29 is 14.2 Å². The van der Waals surface area contributed by atoms with Crippen LogP contribution >= 0.6 is 0 Å². The first-order valence-corrected chi connectivity index (χ1v) is 8.97. The molecule has 23 heavy (non-hydrogen) atoms. The average Bonchev–Trinajstić information content (AvgIpc) is 2.86. The van der Waals surface area contributed by atoms with Crippen molar-refractivity contribution in [2.24, 2.45) is 17.3 Å². The Morgan fingerprint density at radius 1 is 1.26 bits per heavy atom. The second-order valence-corrected chi connectivity index (χ2v) is 8.14. The minimum Gasteiger partial charge on any atom is -0.497 e. The van der Waals surface area contributed by atoms with E-state index in [2.05, 4.69) is 25.1 Å². The highest BCUT2D eigenvalue weighted by atomic mass is 19.1. The molecular formula is C20H27FO2. The SMILES string of the molecule is COc1ccc2c(c1)CC[C@@H]1C2CC[C@@]2(C)C1CC[C@@]2(O)CF. The Labute approximate surface area is 138 Å². The Morgan fingerprint density at radius 3 is 2.83 bits per heavy atom. The van der Waals surface area contributed by atoms with Gasteiger partial charge in [-0.1, -0.05) is 13.0 Å². The summed E-state index contributed by atoms with van der Waals surface area (Å²) in [6.45, 7) is 1.55. The van der Waals surface area contributed by atoms with Crippen molar-refractivity contribution in [3.8, 4) is 5.75 Å². The molecule has 0 spiro atoms. The molecular weight excluding hydrogens is 291 g/mol. The second-order valence-electron chi connectivity index (χ2n) is 8.14. The summed E-state index contributed by atoms with van der Waals surface area (Å²) in [6.07, 6.45) is 5.85. The van der Waals surface area contributed by atoms with Gasteiger partial charge in [0.15, 0.2) is 0 Å². The van der Waals surface area contributed by atoms with Gasteiger partial charge in [-0.15, -0.1) is 0 Å². The molecule has 0 saturated heterocycles. The normalized spacial score (nSPS) is 41.8. The standard InChI is InChI=1S/C20H27FO2/c1-19-9-7-16-15-6-4-14(23-2)11-13(15)3-5-17(16)18(19)8-10-20(19,22)12-21/h4,6,11,16-18,22H,3,5,7-10,12H2,1-2H3/t16?,17-,18?,19+,20-/m1/s1. The predicted molar refractivity (Wildman–Crippen MR) is 88.5 cm³/mol. The lowest BCUT2D eigenvalue weighted by atomic mass is 9.53.